The number of piperazine rings is 1. The third-order valence-corrected chi connectivity index (χ3v) is 7.63. The van der Waals surface area contributed by atoms with Gasteiger partial charge in [-0.2, -0.15) is 0 Å². The van der Waals surface area contributed by atoms with E-state index in [1.165, 1.54) is 0 Å². The van der Waals surface area contributed by atoms with Gasteiger partial charge in [-0.05, 0) is 43.9 Å². The van der Waals surface area contributed by atoms with Gasteiger partial charge in [0.1, 0.15) is 0 Å². The molecule has 1 aromatic heterocycles. The van der Waals surface area contributed by atoms with Crippen molar-refractivity contribution in [2.45, 2.75) is 38.2 Å². The van der Waals surface area contributed by atoms with Crippen LogP contribution in [0, 0.1) is 5.92 Å². The van der Waals surface area contributed by atoms with Crippen LogP contribution in [0.1, 0.15) is 32.1 Å². The van der Waals surface area contributed by atoms with Crippen LogP contribution >= 0.6 is 11.6 Å². The van der Waals surface area contributed by atoms with Gasteiger partial charge in [0.15, 0.2) is 5.82 Å². The average Bonchev–Trinajstić information content (AvgIpc) is 3.36. The number of halogens is 1. The van der Waals surface area contributed by atoms with Gasteiger partial charge in [0, 0.05) is 50.8 Å². The van der Waals surface area contributed by atoms with Crippen LogP contribution in [0.3, 0.4) is 0 Å². The summed E-state index contributed by atoms with van der Waals surface area (Å²) in [5, 5.41) is 9.41. The minimum atomic E-state index is 0.00970. The van der Waals surface area contributed by atoms with Crippen LogP contribution in [0.5, 0.6) is 0 Å². The molecule has 2 saturated heterocycles. The Morgan fingerprint density at radius 1 is 1.00 bits per heavy atom. The summed E-state index contributed by atoms with van der Waals surface area (Å²) in [6.07, 6.45) is 5.00. The van der Waals surface area contributed by atoms with Crippen LogP contribution < -0.4 is 4.90 Å². The Bertz CT molecular complexity index is 1030. The van der Waals surface area contributed by atoms with E-state index in [0.717, 1.165) is 55.8 Å². The number of carbonyl (C=O) groups excluding carboxylic acids is 2. The van der Waals surface area contributed by atoms with Crippen LogP contribution in [0.25, 0.3) is 11.3 Å². The summed E-state index contributed by atoms with van der Waals surface area (Å²) >= 11 is 6.28. The SMILES string of the molecule is O=C(CN(C[C@@H]1CCCO1)C(=O)C1CCC1)N1CCN(c2ccc(-c3ccccc3Cl)nn2)CC1. The van der Waals surface area contributed by atoms with Crippen molar-refractivity contribution in [3.8, 4) is 11.3 Å². The van der Waals surface area contributed by atoms with Gasteiger partial charge < -0.3 is 19.4 Å². The Labute approximate surface area is 211 Å². The fourth-order valence-electron chi connectivity index (χ4n) is 4.93. The summed E-state index contributed by atoms with van der Waals surface area (Å²) in [5.41, 5.74) is 1.59. The van der Waals surface area contributed by atoms with E-state index in [4.69, 9.17) is 16.3 Å². The largest absolute Gasteiger partial charge is 0.376 e. The number of ether oxygens (including phenoxy) is 1. The predicted molar refractivity (Wildman–Crippen MR) is 134 cm³/mol. The molecule has 1 aliphatic carbocycles. The first-order valence-electron chi connectivity index (χ1n) is 12.6. The lowest BCUT2D eigenvalue weighted by molar-refractivity contribution is -0.146. The number of anilines is 1. The second-order valence-corrected chi connectivity index (χ2v) is 10.0. The van der Waals surface area contributed by atoms with E-state index in [1.54, 1.807) is 4.90 Å². The molecule has 3 heterocycles. The normalized spacial score (nSPS) is 20.5. The zero-order valence-electron chi connectivity index (χ0n) is 19.9. The van der Waals surface area contributed by atoms with Gasteiger partial charge in [0.05, 0.1) is 23.4 Å². The summed E-state index contributed by atoms with van der Waals surface area (Å²) in [7, 11) is 0. The molecular formula is C26H32ClN5O3. The second kappa shape index (κ2) is 10.9. The van der Waals surface area contributed by atoms with Crippen molar-refractivity contribution >= 4 is 29.2 Å². The predicted octanol–water partition coefficient (Wildman–Crippen LogP) is 3.25. The van der Waals surface area contributed by atoms with Gasteiger partial charge in [-0.25, -0.2) is 0 Å². The lowest BCUT2D eigenvalue weighted by atomic mass is 9.84. The first-order chi connectivity index (χ1) is 17.1. The highest BCUT2D eigenvalue weighted by Crippen LogP contribution is 2.29. The summed E-state index contributed by atoms with van der Waals surface area (Å²) in [6, 6.07) is 11.5. The van der Waals surface area contributed by atoms with Gasteiger partial charge in [-0.1, -0.05) is 36.2 Å². The van der Waals surface area contributed by atoms with Crippen LogP contribution in [0.15, 0.2) is 36.4 Å². The van der Waals surface area contributed by atoms with E-state index < -0.39 is 0 Å². The molecule has 3 aliphatic rings. The van der Waals surface area contributed by atoms with Crippen LogP contribution in [0.4, 0.5) is 5.82 Å². The maximum atomic E-state index is 13.1. The van der Waals surface area contributed by atoms with Crippen LogP contribution in [-0.4, -0.2) is 83.8 Å². The highest BCUT2D eigenvalue weighted by molar-refractivity contribution is 6.33. The molecule has 1 saturated carbocycles. The monoisotopic (exact) mass is 497 g/mol. The molecule has 0 N–H and O–H groups in total. The zero-order valence-corrected chi connectivity index (χ0v) is 20.7. The van der Waals surface area contributed by atoms with E-state index in [9.17, 15) is 9.59 Å². The van der Waals surface area contributed by atoms with Gasteiger partial charge in [0.2, 0.25) is 11.8 Å². The van der Waals surface area contributed by atoms with Crippen molar-refractivity contribution in [1.82, 2.24) is 20.0 Å². The summed E-state index contributed by atoms with van der Waals surface area (Å²) in [5.74, 6) is 0.990. The number of amides is 2. The smallest absolute Gasteiger partial charge is 0.242 e. The standard InChI is InChI=1S/C26H32ClN5O3/c27-22-9-2-1-8-21(22)23-10-11-24(29-28-23)30-12-14-31(15-13-30)25(33)18-32(17-20-7-4-16-35-20)26(34)19-5-3-6-19/h1-2,8-11,19-20H,3-7,12-18H2/t20-/m0/s1. The number of hydrogen-bond donors (Lipinski definition) is 0. The summed E-state index contributed by atoms with van der Waals surface area (Å²) in [6.45, 7) is 3.95. The Hall–Kier alpha value is -2.71. The Morgan fingerprint density at radius 2 is 1.80 bits per heavy atom. The highest BCUT2D eigenvalue weighted by Gasteiger charge is 2.33. The highest BCUT2D eigenvalue weighted by atomic mass is 35.5. The number of aromatic nitrogens is 2. The van der Waals surface area contributed by atoms with Gasteiger partial charge in [-0.15, -0.1) is 10.2 Å². The molecule has 3 fully saturated rings. The Kier molecular flexibility index (Phi) is 7.48. The van der Waals surface area contributed by atoms with Crippen molar-refractivity contribution < 1.29 is 14.3 Å². The third kappa shape index (κ3) is 5.59. The molecule has 5 rings (SSSR count). The van der Waals surface area contributed by atoms with Crippen molar-refractivity contribution in [2.24, 2.45) is 5.92 Å². The molecule has 1 aromatic carbocycles. The Balaban J connectivity index is 1.16. The van der Waals surface area contributed by atoms with Crippen molar-refractivity contribution in [3.63, 3.8) is 0 Å². The van der Waals surface area contributed by atoms with Crippen molar-refractivity contribution in [3.05, 3.63) is 41.4 Å². The molecule has 0 unspecified atom stereocenters. The quantitative estimate of drug-likeness (QED) is 0.584. The van der Waals surface area contributed by atoms with Crippen LogP contribution in [0.2, 0.25) is 5.02 Å². The summed E-state index contributed by atoms with van der Waals surface area (Å²) in [4.78, 5) is 31.9. The molecule has 35 heavy (non-hydrogen) atoms. The number of benzene rings is 1. The minimum Gasteiger partial charge on any atom is -0.376 e. The second-order valence-electron chi connectivity index (χ2n) is 9.61. The minimum absolute atomic E-state index is 0.00970. The summed E-state index contributed by atoms with van der Waals surface area (Å²) < 4.78 is 5.75. The maximum Gasteiger partial charge on any atom is 0.242 e. The first kappa shape index (κ1) is 24.0. The third-order valence-electron chi connectivity index (χ3n) is 7.30. The fourth-order valence-corrected chi connectivity index (χ4v) is 5.17. The fraction of sp³-hybridized carbons (Fsp3) is 0.538. The molecule has 0 radical (unpaired) electrons. The first-order valence-corrected chi connectivity index (χ1v) is 13.0. The lowest BCUT2D eigenvalue weighted by Crippen LogP contribution is -2.53. The molecule has 0 spiro atoms. The molecule has 2 aromatic rings. The van der Waals surface area contributed by atoms with E-state index in [2.05, 4.69) is 15.1 Å². The van der Waals surface area contributed by atoms with Crippen molar-refractivity contribution in [2.75, 3.05) is 50.8 Å². The van der Waals surface area contributed by atoms with Crippen molar-refractivity contribution in [1.29, 1.82) is 0 Å². The zero-order chi connectivity index (χ0) is 24.2. The van der Waals surface area contributed by atoms with Gasteiger partial charge in [0.25, 0.3) is 0 Å². The molecular weight excluding hydrogens is 466 g/mol. The molecule has 9 heteroatoms. The van der Waals surface area contributed by atoms with E-state index in [1.807, 2.05) is 41.3 Å². The van der Waals surface area contributed by atoms with E-state index >= 15 is 0 Å². The van der Waals surface area contributed by atoms with Crippen LogP contribution in [-0.2, 0) is 14.3 Å². The molecule has 8 nitrogen and oxygen atoms in total. The molecule has 0 bridgehead atoms. The topological polar surface area (TPSA) is 78.9 Å². The number of hydrogen-bond acceptors (Lipinski definition) is 6. The van der Waals surface area contributed by atoms with E-state index in [-0.39, 0.29) is 30.4 Å². The number of rotatable bonds is 7. The van der Waals surface area contributed by atoms with E-state index in [0.29, 0.717) is 37.7 Å². The number of carbonyl (C=O) groups is 2. The molecule has 2 amide bonds. The molecule has 2 aliphatic heterocycles. The molecule has 186 valence electrons. The maximum absolute atomic E-state index is 13.1. The molecule has 1 atom stereocenters. The Morgan fingerprint density at radius 3 is 2.43 bits per heavy atom. The average molecular weight is 498 g/mol. The van der Waals surface area contributed by atoms with Gasteiger partial charge >= 0.3 is 0 Å². The van der Waals surface area contributed by atoms with Gasteiger partial charge in [-0.3, -0.25) is 9.59 Å². The number of nitrogens with zero attached hydrogens (tertiary/aromatic N) is 5. The lowest BCUT2D eigenvalue weighted by Gasteiger charge is -2.37.